The van der Waals surface area contributed by atoms with Gasteiger partial charge in [0.1, 0.15) is 0 Å². The lowest BCUT2D eigenvalue weighted by molar-refractivity contribution is -0.123. The smallest absolute Gasteiger partial charge is 0.224 e. The third kappa shape index (κ3) is 3.16. The number of hydrogen-bond donors (Lipinski definition) is 2. The quantitative estimate of drug-likeness (QED) is 0.884. The molecule has 0 heterocycles. The molecule has 2 aromatic carbocycles. The lowest BCUT2D eigenvalue weighted by Gasteiger charge is -2.24. The second kappa shape index (κ2) is 6.59. The molecular formula is C17H23N3O. The van der Waals surface area contributed by atoms with Gasteiger partial charge in [-0.05, 0) is 17.0 Å². The van der Waals surface area contributed by atoms with E-state index < -0.39 is 0 Å². The Morgan fingerprint density at radius 2 is 1.90 bits per heavy atom. The monoisotopic (exact) mass is 285 g/mol. The van der Waals surface area contributed by atoms with Crippen LogP contribution in [0.1, 0.15) is 12.5 Å². The van der Waals surface area contributed by atoms with Crippen LogP contribution in [0.3, 0.4) is 0 Å². The van der Waals surface area contributed by atoms with E-state index in [9.17, 15) is 4.79 Å². The van der Waals surface area contributed by atoms with Crippen LogP contribution in [0.5, 0.6) is 0 Å². The number of carbonyl (C=O) groups excluding carboxylic acids is 1. The van der Waals surface area contributed by atoms with Gasteiger partial charge < -0.3 is 16.0 Å². The minimum atomic E-state index is -0.0621. The number of hydrogen-bond acceptors (Lipinski definition) is 3. The molecule has 21 heavy (non-hydrogen) atoms. The molecule has 0 spiro atoms. The number of benzene rings is 2. The molecule has 0 saturated heterocycles. The standard InChI is InChI=1S/C17H23N3O/c1-12(17(21)19-2)11-20(3)16-9-8-13(10-18)14-6-4-5-7-15(14)16/h4-9,12H,10-11,18H2,1-3H3,(H,19,21). The van der Waals surface area contributed by atoms with Gasteiger partial charge in [-0.1, -0.05) is 37.3 Å². The molecule has 0 saturated carbocycles. The third-order valence-electron chi connectivity index (χ3n) is 3.86. The van der Waals surface area contributed by atoms with E-state index in [4.69, 9.17) is 5.73 Å². The molecule has 2 aromatic rings. The van der Waals surface area contributed by atoms with E-state index in [2.05, 4.69) is 34.5 Å². The summed E-state index contributed by atoms with van der Waals surface area (Å²) in [6.45, 7) is 3.14. The Labute approximate surface area is 125 Å². The summed E-state index contributed by atoms with van der Waals surface area (Å²) in [6.07, 6.45) is 0. The van der Waals surface area contributed by atoms with Gasteiger partial charge in [0.2, 0.25) is 5.91 Å². The molecule has 3 N–H and O–H groups in total. The van der Waals surface area contributed by atoms with Gasteiger partial charge in [-0.25, -0.2) is 0 Å². The average molecular weight is 285 g/mol. The molecule has 4 nitrogen and oxygen atoms in total. The number of fused-ring (bicyclic) bond motifs is 1. The lowest BCUT2D eigenvalue weighted by Crippen LogP contribution is -2.34. The highest BCUT2D eigenvalue weighted by Gasteiger charge is 2.15. The zero-order valence-corrected chi connectivity index (χ0v) is 12.9. The molecule has 0 aromatic heterocycles. The minimum Gasteiger partial charge on any atom is -0.373 e. The maximum Gasteiger partial charge on any atom is 0.224 e. The summed E-state index contributed by atoms with van der Waals surface area (Å²) < 4.78 is 0. The molecule has 1 amide bonds. The topological polar surface area (TPSA) is 58.4 Å². The zero-order valence-electron chi connectivity index (χ0n) is 12.9. The first-order valence-electron chi connectivity index (χ1n) is 7.22. The van der Waals surface area contributed by atoms with Crippen LogP contribution < -0.4 is 16.0 Å². The Bertz CT molecular complexity index is 639. The summed E-state index contributed by atoms with van der Waals surface area (Å²) in [6, 6.07) is 12.4. The largest absolute Gasteiger partial charge is 0.373 e. The summed E-state index contributed by atoms with van der Waals surface area (Å²) in [5.74, 6) is -0.00215. The van der Waals surface area contributed by atoms with E-state index in [-0.39, 0.29) is 11.8 Å². The van der Waals surface area contributed by atoms with Crippen LogP contribution in [0.25, 0.3) is 10.8 Å². The van der Waals surface area contributed by atoms with Crippen LogP contribution in [0, 0.1) is 5.92 Å². The normalized spacial score (nSPS) is 12.2. The first kappa shape index (κ1) is 15.3. The van der Waals surface area contributed by atoms with Gasteiger partial charge in [0.15, 0.2) is 0 Å². The average Bonchev–Trinajstić information content (AvgIpc) is 2.52. The van der Waals surface area contributed by atoms with Crippen LogP contribution in [-0.2, 0) is 11.3 Å². The van der Waals surface area contributed by atoms with Crippen molar-refractivity contribution in [3.8, 4) is 0 Å². The van der Waals surface area contributed by atoms with Crippen molar-refractivity contribution in [1.29, 1.82) is 0 Å². The molecule has 0 radical (unpaired) electrons. The van der Waals surface area contributed by atoms with Gasteiger partial charge in [-0.2, -0.15) is 0 Å². The fourth-order valence-corrected chi connectivity index (χ4v) is 2.69. The maximum atomic E-state index is 11.7. The highest BCUT2D eigenvalue weighted by atomic mass is 16.1. The van der Waals surface area contributed by atoms with Crippen molar-refractivity contribution >= 4 is 22.4 Å². The number of carbonyl (C=O) groups is 1. The fraction of sp³-hybridized carbons (Fsp3) is 0.353. The van der Waals surface area contributed by atoms with E-state index in [0.29, 0.717) is 13.1 Å². The van der Waals surface area contributed by atoms with E-state index in [1.165, 1.54) is 10.8 Å². The van der Waals surface area contributed by atoms with Crippen molar-refractivity contribution in [2.75, 3.05) is 25.5 Å². The number of nitrogens with two attached hydrogens (primary N) is 1. The Morgan fingerprint density at radius 3 is 2.52 bits per heavy atom. The van der Waals surface area contributed by atoms with E-state index in [0.717, 1.165) is 11.3 Å². The van der Waals surface area contributed by atoms with Gasteiger partial charge >= 0.3 is 0 Å². The predicted octanol–water partition coefficient (Wildman–Crippen LogP) is 2.12. The summed E-state index contributed by atoms with van der Waals surface area (Å²) in [5.41, 5.74) is 8.08. The number of nitrogens with zero attached hydrogens (tertiary/aromatic N) is 1. The SMILES string of the molecule is CNC(=O)C(C)CN(C)c1ccc(CN)c2ccccc12. The first-order valence-corrected chi connectivity index (χ1v) is 7.22. The summed E-state index contributed by atoms with van der Waals surface area (Å²) >= 11 is 0. The summed E-state index contributed by atoms with van der Waals surface area (Å²) in [7, 11) is 3.69. The molecule has 0 aliphatic rings. The number of anilines is 1. The lowest BCUT2D eigenvalue weighted by atomic mass is 10.0. The van der Waals surface area contributed by atoms with Gasteiger partial charge in [-0.15, -0.1) is 0 Å². The summed E-state index contributed by atoms with van der Waals surface area (Å²) in [4.78, 5) is 13.8. The van der Waals surface area contributed by atoms with Gasteiger partial charge in [0, 0.05) is 38.3 Å². The van der Waals surface area contributed by atoms with Gasteiger partial charge in [-0.3, -0.25) is 4.79 Å². The van der Waals surface area contributed by atoms with Crippen molar-refractivity contribution in [1.82, 2.24) is 5.32 Å². The van der Waals surface area contributed by atoms with Crippen molar-refractivity contribution in [2.45, 2.75) is 13.5 Å². The van der Waals surface area contributed by atoms with E-state index in [1.54, 1.807) is 7.05 Å². The molecule has 112 valence electrons. The van der Waals surface area contributed by atoms with Crippen molar-refractivity contribution in [3.05, 3.63) is 42.0 Å². The van der Waals surface area contributed by atoms with Crippen molar-refractivity contribution in [2.24, 2.45) is 11.7 Å². The van der Waals surface area contributed by atoms with Crippen molar-refractivity contribution in [3.63, 3.8) is 0 Å². The third-order valence-corrected chi connectivity index (χ3v) is 3.86. The van der Waals surface area contributed by atoms with Crippen molar-refractivity contribution < 1.29 is 4.79 Å². The molecule has 0 aliphatic carbocycles. The molecule has 0 fully saturated rings. The number of nitrogens with one attached hydrogen (secondary N) is 1. The predicted molar refractivity (Wildman–Crippen MR) is 88.3 cm³/mol. The molecule has 1 atom stereocenters. The molecule has 1 unspecified atom stereocenters. The highest BCUT2D eigenvalue weighted by molar-refractivity contribution is 5.96. The van der Waals surface area contributed by atoms with E-state index >= 15 is 0 Å². The number of amides is 1. The molecule has 2 rings (SSSR count). The molecule has 0 bridgehead atoms. The van der Waals surface area contributed by atoms with E-state index in [1.807, 2.05) is 26.1 Å². The Hall–Kier alpha value is -2.07. The van der Waals surface area contributed by atoms with Crippen LogP contribution in [0.15, 0.2) is 36.4 Å². The van der Waals surface area contributed by atoms with Crippen LogP contribution >= 0.6 is 0 Å². The van der Waals surface area contributed by atoms with Gasteiger partial charge in [0.25, 0.3) is 0 Å². The van der Waals surface area contributed by atoms with Crippen LogP contribution in [0.2, 0.25) is 0 Å². The van der Waals surface area contributed by atoms with Crippen LogP contribution in [0.4, 0.5) is 5.69 Å². The second-order valence-corrected chi connectivity index (χ2v) is 5.39. The Balaban J connectivity index is 2.36. The fourth-order valence-electron chi connectivity index (χ4n) is 2.69. The Kier molecular flexibility index (Phi) is 4.81. The zero-order chi connectivity index (χ0) is 15.4. The molecule has 0 aliphatic heterocycles. The summed E-state index contributed by atoms with van der Waals surface area (Å²) in [5, 5.41) is 5.05. The van der Waals surface area contributed by atoms with Gasteiger partial charge in [0.05, 0.1) is 5.92 Å². The molecular weight excluding hydrogens is 262 g/mol. The second-order valence-electron chi connectivity index (χ2n) is 5.39. The van der Waals surface area contributed by atoms with Crippen LogP contribution in [-0.4, -0.2) is 26.5 Å². The Morgan fingerprint density at radius 1 is 1.24 bits per heavy atom. The minimum absolute atomic E-state index is 0.0599. The maximum absolute atomic E-state index is 11.7. The number of rotatable bonds is 5. The molecule has 4 heteroatoms. The highest BCUT2D eigenvalue weighted by Crippen LogP contribution is 2.29. The first-order chi connectivity index (χ1) is 10.1.